The minimum absolute atomic E-state index is 0.177. The van der Waals surface area contributed by atoms with Gasteiger partial charge in [-0.15, -0.1) is 0 Å². The number of rotatable bonds is 6. The molecule has 1 saturated carbocycles. The molecule has 2 aromatic rings. The Bertz CT molecular complexity index is 1000. The number of carboxylic acid groups (broad SMARTS) is 1. The summed E-state index contributed by atoms with van der Waals surface area (Å²) >= 11 is 6.56. The molecule has 0 radical (unpaired) electrons. The largest absolute Gasteiger partial charge is 0.487 e. The minimum atomic E-state index is -1.16. The molecular formula is C26H31ClN2O5. The van der Waals surface area contributed by atoms with E-state index >= 15 is 0 Å². The SMILES string of the molecule is O=C(O)N1CCN(C(=O)C(c2ccc(OCc3ccccc3)c(Cl)c2)C2(O)CCCCC2)CC1. The second-order valence-electron chi connectivity index (χ2n) is 9.16. The van der Waals surface area contributed by atoms with Crippen molar-refractivity contribution in [1.29, 1.82) is 0 Å². The van der Waals surface area contributed by atoms with Crippen LogP contribution in [0.2, 0.25) is 5.02 Å². The third-order valence-electron chi connectivity index (χ3n) is 6.89. The number of hydrogen-bond acceptors (Lipinski definition) is 4. The summed E-state index contributed by atoms with van der Waals surface area (Å²) in [5, 5.41) is 21.2. The normalized spacial score (nSPS) is 18.9. The molecule has 2 N–H and O–H groups in total. The van der Waals surface area contributed by atoms with Crippen LogP contribution < -0.4 is 4.74 Å². The molecule has 0 bridgehead atoms. The molecule has 182 valence electrons. The maximum absolute atomic E-state index is 13.7. The summed E-state index contributed by atoms with van der Waals surface area (Å²) in [7, 11) is 0. The van der Waals surface area contributed by atoms with Gasteiger partial charge in [0.05, 0.1) is 16.5 Å². The summed E-state index contributed by atoms with van der Waals surface area (Å²) in [5.41, 5.74) is 0.523. The van der Waals surface area contributed by atoms with E-state index in [9.17, 15) is 19.8 Å². The molecular weight excluding hydrogens is 456 g/mol. The highest BCUT2D eigenvalue weighted by Gasteiger charge is 2.45. The molecule has 8 heteroatoms. The lowest BCUT2D eigenvalue weighted by Gasteiger charge is -2.42. The van der Waals surface area contributed by atoms with Crippen molar-refractivity contribution in [3.8, 4) is 5.75 Å². The Kier molecular flexibility index (Phi) is 7.63. The van der Waals surface area contributed by atoms with Crippen molar-refractivity contribution < 1.29 is 24.5 Å². The van der Waals surface area contributed by atoms with Gasteiger partial charge in [0.15, 0.2) is 0 Å². The molecule has 1 saturated heterocycles. The van der Waals surface area contributed by atoms with Crippen molar-refractivity contribution in [2.45, 2.75) is 50.2 Å². The molecule has 2 aliphatic rings. The van der Waals surface area contributed by atoms with E-state index in [0.717, 1.165) is 24.8 Å². The van der Waals surface area contributed by atoms with Crippen LogP contribution in [0.1, 0.15) is 49.1 Å². The fourth-order valence-electron chi connectivity index (χ4n) is 4.99. The summed E-state index contributed by atoms with van der Waals surface area (Å²) in [6.07, 6.45) is 2.86. The van der Waals surface area contributed by atoms with Gasteiger partial charge in [0.2, 0.25) is 5.91 Å². The highest BCUT2D eigenvalue weighted by atomic mass is 35.5. The van der Waals surface area contributed by atoms with Gasteiger partial charge in [-0.05, 0) is 36.1 Å². The number of ether oxygens (including phenoxy) is 1. The fraction of sp³-hybridized carbons (Fsp3) is 0.462. The molecule has 1 atom stereocenters. The number of nitrogens with zero attached hydrogens (tertiary/aromatic N) is 2. The maximum Gasteiger partial charge on any atom is 0.407 e. The zero-order valence-electron chi connectivity index (χ0n) is 19.2. The molecule has 0 spiro atoms. The van der Waals surface area contributed by atoms with Gasteiger partial charge in [0, 0.05) is 26.2 Å². The van der Waals surface area contributed by atoms with Crippen LogP contribution >= 0.6 is 11.6 Å². The zero-order chi connectivity index (χ0) is 24.1. The number of aliphatic hydroxyl groups is 1. The van der Waals surface area contributed by atoms with Gasteiger partial charge in [-0.2, -0.15) is 0 Å². The second-order valence-corrected chi connectivity index (χ2v) is 9.56. The first-order chi connectivity index (χ1) is 16.4. The molecule has 2 amide bonds. The summed E-state index contributed by atoms with van der Waals surface area (Å²) in [6, 6.07) is 15.1. The lowest BCUT2D eigenvalue weighted by molar-refractivity contribution is -0.143. The monoisotopic (exact) mass is 486 g/mol. The molecule has 34 heavy (non-hydrogen) atoms. The number of amides is 2. The number of piperazine rings is 1. The van der Waals surface area contributed by atoms with E-state index in [1.54, 1.807) is 17.0 Å². The number of benzene rings is 2. The van der Waals surface area contributed by atoms with Crippen molar-refractivity contribution in [3.05, 3.63) is 64.7 Å². The van der Waals surface area contributed by atoms with Gasteiger partial charge in [-0.1, -0.05) is 67.3 Å². The Labute approximate surface area is 204 Å². The third kappa shape index (κ3) is 5.47. The number of halogens is 1. The summed E-state index contributed by atoms with van der Waals surface area (Å²) in [4.78, 5) is 27.9. The van der Waals surface area contributed by atoms with Crippen molar-refractivity contribution in [3.63, 3.8) is 0 Å². The van der Waals surface area contributed by atoms with Crippen molar-refractivity contribution in [1.82, 2.24) is 9.80 Å². The van der Waals surface area contributed by atoms with Crippen LogP contribution in [0.15, 0.2) is 48.5 Å². The first-order valence-electron chi connectivity index (χ1n) is 11.8. The Morgan fingerprint density at radius 2 is 1.62 bits per heavy atom. The molecule has 2 fully saturated rings. The highest BCUT2D eigenvalue weighted by molar-refractivity contribution is 6.32. The van der Waals surface area contributed by atoms with Gasteiger partial charge in [-0.25, -0.2) is 4.79 Å². The number of carbonyl (C=O) groups excluding carboxylic acids is 1. The zero-order valence-corrected chi connectivity index (χ0v) is 19.9. The molecule has 7 nitrogen and oxygen atoms in total. The summed E-state index contributed by atoms with van der Waals surface area (Å²) < 4.78 is 5.89. The molecule has 1 aliphatic heterocycles. The lowest BCUT2D eigenvalue weighted by atomic mass is 9.72. The standard InChI is InChI=1S/C26H31ClN2O5/c27-21-17-20(9-10-22(21)34-18-19-7-3-1-4-8-19)23(26(33)11-5-2-6-12-26)24(30)28-13-15-29(16-14-28)25(31)32/h1,3-4,7-10,17,23,33H,2,5-6,11-16,18H2,(H,31,32). The Morgan fingerprint density at radius 3 is 2.24 bits per heavy atom. The average Bonchev–Trinajstić information content (AvgIpc) is 2.84. The van der Waals surface area contributed by atoms with E-state index in [0.29, 0.717) is 48.9 Å². The number of hydrogen-bond donors (Lipinski definition) is 2. The summed E-state index contributed by atoms with van der Waals surface area (Å²) in [6.45, 7) is 1.52. The van der Waals surface area contributed by atoms with Crippen molar-refractivity contribution >= 4 is 23.6 Å². The first kappa shape index (κ1) is 24.4. The van der Waals surface area contributed by atoms with E-state index in [1.807, 2.05) is 36.4 Å². The van der Waals surface area contributed by atoms with Crippen LogP contribution in [0.4, 0.5) is 4.79 Å². The second kappa shape index (κ2) is 10.7. The maximum atomic E-state index is 13.7. The smallest absolute Gasteiger partial charge is 0.407 e. The highest BCUT2D eigenvalue weighted by Crippen LogP contribution is 2.42. The Morgan fingerprint density at radius 1 is 0.971 bits per heavy atom. The molecule has 1 heterocycles. The number of carbonyl (C=O) groups is 2. The van der Waals surface area contributed by atoms with E-state index in [4.69, 9.17) is 16.3 Å². The predicted molar refractivity (Wildman–Crippen MR) is 129 cm³/mol. The van der Waals surface area contributed by atoms with Gasteiger partial charge < -0.3 is 24.7 Å². The summed E-state index contributed by atoms with van der Waals surface area (Å²) in [5.74, 6) is -0.417. The first-order valence-corrected chi connectivity index (χ1v) is 12.2. The lowest BCUT2D eigenvalue weighted by Crippen LogP contribution is -2.54. The molecule has 1 aliphatic carbocycles. The van der Waals surface area contributed by atoms with Crippen LogP contribution in [-0.2, 0) is 11.4 Å². The van der Waals surface area contributed by atoms with E-state index in [-0.39, 0.29) is 19.0 Å². The molecule has 1 unspecified atom stereocenters. The fourth-order valence-corrected chi connectivity index (χ4v) is 5.23. The molecule has 0 aromatic heterocycles. The van der Waals surface area contributed by atoms with Crippen molar-refractivity contribution in [2.75, 3.05) is 26.2 Å². The molecule has 2 aromatic carbocycles. The van der Waals surface area contributed by atoms with Crippen LogP contribution in [-0.4, -0.2) is 63.8 Å². The van der Waals surface area contributed by atoms with Crippen LogP contribution in [0.25, 0.3) is 0 Å². The van der Waals surface area contributed by atoms with Crippen LogP contribution in [0.3, 0.4) is 0 Å². The Balaban J connectivity index is 1.56. The molecule has 4 rings (SSSR count). The van der Waals surface area contributed by atoms with Crippen LogP contribution in [0, 0.1) is 0 Å². The van der Waals surface area contributed by atoms with Gasteiger partial charge >= 0.3 is 6.09 Å². The third-order valence-corrected chi connectivity index (χ3v) is 7.19. The van der Waals surface area contributed by atoms with Gasteiger partial charge in [0.1, 0.15) is 12.4 Å². The van der Waals surface area contributed by atoms with Crippen LogP contribution in [0.5, 0.6) is 5.75 Å². The van der Waals surface area contributed by atoms with Crippen molar-refractivity contribution in [2.24, 2.45) is 0 Å². The quantitative estimate of drug-likeness (QED) is 0.626. The van der Waals surface area contributed by atoms with Gasteiger partial charge in [-0.3, -0.25) is 4.79 Å². The minimum Gasteiger partial charge on any atom is -0.487 e. The average molecular weight is 487 g/mol. The van der Waals surface area contributed by atoms with E-state index in [1.165, 1.54) is 4.90 Å². The van der Waals surface area contributed by atoms with E-state index < -0.39 is 17.6 Å². The van der Waals surface area contributed by atoms with E-state index in [2.05, 4.69) is 0 Å². The topological polar surface area (TPSA) is 90.3 Å². The predicted octanol–water partition coefficient (Wildman–Crippen LogP) is 4.52. The van der Waals surface area contributed by atoms with Gasteiger partial charge in [0.25, 0.3) is 0 Å². The Hall–Kier alpha value is -2.77.